The average Bonchev–Trinajstić information content (AvgIpc) is 2.01. The maximum atomic E-state index is 10.2. The summed E-state index contributed by atoms with van der Waals surface area (Å²) in [7, 11) is 4.15. The van der Waals surface area contributed by atoms with Gasteiger partial charge in [0.2, 0.25) is 0 Å². The lowest BCUT2D eigenvalue weighted by Crippen LogP contribution is -2.12. The van der Waals surface area contributed by atoms with Crippen molar-refractivity contribution in [2.24, 2.45) is 0 Å². The molecule has 0 unspecified atom stereocenters. The number of nitrogens with zero attached hydrogens (tertiary/aromatic N) is 1. The first-order valence-electron chi connectivity index (χ1n) is 4.99. The summed E-state index contributed by atoms with van der Waals surface area (Å²) in [5.74, 6) is -0.673. The molecule has 0 fully saturated rings. The lowest BCUT2D eigenvalue weighted by Gasteiger charge is -2.08. The summed E-state index contributed by atoms with van der Waals surface area (Å²) in [5.41, 5.74) is 0. The van der Waals surface area contributed by atoms with Crippen LogP contribution in [0.2, 0.25) is 0 Å². The minimum atomic E-state index is -0.673. The molecule has 78 valence electrons. The number of carbonyl (C=O) groups is 1. The van der Waals surface area contributed by atoms with Crippen molar-refractivity contribution in [1.29, 1.82) is 0 Å². The lowest BCUT2D eigenvalue weighted by molar-refractivity contribution is -0.137. The number of hydrogen-bond donors (Lipinski definition) is 1. The van der Waals surface area contributed by atoms with Crippen LogP contribution in [-0.2, 0) is 4.79 Å². The van der Waals surface area contributed by atoms with Gasteiger partial charge in [0.05, 0.1) is 0 Å². The Hall–Kier alpha value is -0.570. The summed E-state index contributed by atoms with van der Waals surface area (Å²) in [5, 5.41) is 8.38. The zero-order chi connectivity index (χ0) is 10.1. The first kappa shape index (κ1) is 12.4. The van der Waals surface area contributed by atoms with Crippen LogP contribution in [0.25, 0.3) is 0 Å². The van der Waals surface area contributed by atoms with Gasteiger partial charge in [-0.3, -0.25) is 4.79 Å². The molecule has 13 heavy (non-hydrogen) atoms. The van der Waals surface area contributed by atoms with Crippen molar-refractivity contribution >= 4 is 5.97 Å². The van der Waals surface area contributed by atoms with E-state index in [1.807, 2.05) is 0 Å². The van der Waals surface area contributed by atoms with E-state index in [9.17, 15) is 4.79 Å². The largest absolute Gasteiger partial charge is 0.481 e. The highest BCUT2D eigenvalue weighted by molar-refractivity contribution is 5.66. The summed E-state index contributed by atoms with van der Waals surface area (Å²) >= 11 is 0. The minimum absolute atomic E-state index is 0.327. The third-order valence-corrected chi connectivity index (χ3v) is 2.00. The van der Waals surface area contributed by atoms with E-state index in [2.05, 4.69) is 19.0 Å². The SMILES string of the molecule is CN(C)CCCCCCCC(=O)O. The lowest BCUT2D eigenvalue weighted by atomic mass is 10.1. The van der Waals surface area contributed by atoms with Crippen LogP contribution in [-0.4, -0.2) is 36.6 Å². The molecule has 0 radical (unpaired) electrons. The Morgan fingerprint density at radius 2 is 1.62 bits per heavy atom. The molecule has 0 bridgehead atoms. The third kappa shape index (κ3) is 11.4. The van der Waals surface area contributed by atoms with E-state index in [0.29, 0.717) is 6.42 Å². The molecule has 0 aromatic rings. The maximum Gasteiger partial charge on any atom is 0.303 e. The molecule has 3 nitrogen and oxygen atoms in total. The molecule has 1 N–H and O–H groups in total. The predicted octanol–water partition coefficient (Wildman–Crippen LogP) is 1.97. The third-order valence-electron chi connectivity index (χ3n) is 2.00. The Kier molecular flexibility index (Phi) is 7.69. The molecule has 0 aliphatic rings. The van der Waals surface area contributed by atoms with Gasteiger partial charge in [0.1, 0.15) is 0 Å². The highest BCUT2D eigenvalue weighted by Crippen LogP contribution is 2.05. The van der Waals surface area contributed by atoms with E-state index in [4.69, 9.17) is 5.11 Å². The molecule has 0 saturated carbocycles. The van der Waals surface area contributed by atoms with Crippen LogP contribution in [0.4, 0.5) is 0 Å². The number of hydrogen-bond acceptors (Lipinski definition) is 2. The molecule has 0 atom stereocenters. The molecule has 0 amide bonds. The van der Waals surface area contributed by atoms with Gasteiger partial charge in [0, 0.05) is 6.42 Å². The summed E-state index contributed by atoms with van der Waals surface area (Å²) in [6.07, 6.45) is 5.82. The van der Waals surface area contributed by atoms with Gasteiger partial charge < -0.3 is 10.0 Å². The van der Waals surface area contributed by atoms with Crippen LogP contribution in [0.1, 0.15) is 38.5 Å². The van der Waals surface area contributed by atoms with Crippen molar-refractivity contribution in [3.8, 4) is 0 Å². The smallest absolute Gasteiger partial charge is 0.303 e. The van der Waals surface area contributed by atoms with Gasteiger partial charge in [-0.15, -0.1) is 0 Å². The molecular formula is C10H21NO2. The fraction of sp³-hybridized carbons (Fsp3) is 0.900. The van der Waals surface area contributed by atoms with E-state index in [1.54, 1.807) is 0 Å². The van der Waals surface area contributed by atoms with Crippen molar-refractivity contribution < 1.29 is 9.90 Å². The quantitative estimate of drug-likeness (QED) is 0.591. The first-order valence-corrected chi connectivity index (χ1v) is 4.99. The fourth-order valence-corrected chi connectivity index (χ4v) is 1.23. The Morgan fingerprint density at radius 1 is 1.08 bits per heavy atom. The van der Waals surface area contributed by atoms with Crippen LogP contribution in [0, 0.1) is 0 Å². The summed E-state index contributed by atoms with van der Waals surface area (Å²) in [4.78, 5) is 12.3. The van der Waals surface area contributed by atoms with E-state index in [-0.39, 0.29) is 0 Å². The van der Waals surface area contributed by atoms with Gasteiger partial charge in [-0.25, -0.2) is 0 Å². The Labute approximate surface area is 80.7 Å². The second kappa shape index (κ2) is 8.05. The van der Waals surface area contributed by atoms with Gasteiger partial charge in [-0.2, -0.15) is 0 Å². The van der Waals surface area contributed by atoms with Gasteiger partial charge in [-0.1, -0.05) is 19.3 Å². The van der Waals surface area contributed by atoms with E-state index < -0.39 is 5.97 Å². The molecule has 0 aliphatic heterocycles. The molecular weight excluding hydrogens is 166 g/mol. The molecule has 0 heterocycles. The van der Waals surface area contributed by atoms with Crippen LogP contribution >= 0.6 is 0 Å². The Bertz CT molecular complexity index is 135. The second-order valence-corrected chi connectivity index (χ2v) is 3.71. The van der Waals surface area contributed by atoms with Crippen LogP contribution in [0.3, 0.4) is 0 Å². The van der Waals surface area contributed by atoms with Crippen LogP contribution < -0.4 is 0 Å². The van der Waals surface area contributed by atoms with E-state index in [0.717, 1.165) is 19.4 Å². The molecule has 0 aliphatic carbocycles. The monoisotopic (exact) mass is 187 g/mol. The standard InChI is InChI=1S/C10H21NO2/c1-11(2)9-7-5-3-4-6-8-10(12)13/h3-9H2,1-2H3,(H,12,13). The topological polar surface area (TPSA) is 40.5 Å². The predicted molar refractivity (Wildman–Crippen MR) is 53.9 cm³/mol. The van der Waals surface area contributed by atoms with Gasteiger partial charge in [-0.05, 0) is 33.5 Å². The summed E-state index contributed by atoms with van der Waals surface area (Å²) < 4.78 is 0. The van der Waals surface area contributed by atoms with Crippen molar-refractivity contribution in [3.63, 3.8) is 0 Å². The van der Waals surface area contributed by atoms with Crippen LogP contribution in [0.15, 0.2) is 0 Å². The number of carboxylic acid groups (broad SMARTS) is 1. The molecule has 0 aromatic heterocycles. The number of rotatable bonds is 8. The molecule has 3 heteroatoms. The highest BCUT2D eigenvalue weighted by Gasteiger charge is 1.96. The highest BCUT2D eigenvalue weighted by atomic mass is 16.4. The molecule has 0 saturated heterocycles. The molecule has 0 rings (SSSR count). The van der Waals surface area contributed by atoms with E-state index in [1.165, 1.54) is 19.3 Å². The van der Waals surface area contributed by atoms with Gasteiger partial charge in [0.25, 0.3) is 0 Å². The van der Waals surface area contributed by atoms with Crippen molar-refractivity contribution in [2.45, 2.75) is 38.5 Å². The normalized spacial score (nSPS) is 10.7. The molecule has 0 spiro atoms. The average molecular weight is 187 g/mol. The van der Waals surface area contributed by atoms with Gasteiger partial charge >= 0.3 is 5.97 Å². The first-order chi connectivity index (χ1) is 6.13. The number of unbranched alkanes of at least 4 members (excludes halogenated alkanes) is 4. The van der Waals surface area contributed by atoms with Gasteiger partial charge in [0.15, 0.2) is 0 Å². The fourth-order valence-electron chi connectivity index (χ4n) is 1.23. The van der Waals surface area contributed by atoms with Crippen molar-refractivity contribution in [1.82, 2.24) is 4.90 Å². The number of carboxylic acids is 1. The van der Waals surface area contributed by atoms with Crippen molar-refractivity contribution in [2.75, 3.05) is 20.6 Å². The Morgan fingerprint density at radius 3 is 2.15 bits per heavy atom. The summed E-state index contributed by atoms with van der Waals surface area (Å²) in [6, 6.07) is 0. The maximum absolute atomic E-state index is 10.2. The van der Waals surface area contributed by atoms with E-state index >= 15 is 0 Å². The zero-order valence-electron chi connectivity index (χ0n) is 8.75. The minimum Gasteiger partial charge on any atom is -0.481 e. The molecule has 0 aromatic carbocycles. The van der Waals surface area contributed by atoms with Crippen molar-refractivity contribution in [3.05, 3.63) is 0 Å². The number of aliphatic carboxylic acids is 1. The second-order valence-electron chi connectivity index (χ2n) is 3.71. The zero-order valence-corrected chi connectivity index (χ0v) is 8.75. The summed E-state index contributed by atoms with van der Waals surface area (Å²) in [6.45, 7) is 1.14. The Balaban J connectivity index is 2.96. The van der Waals surface area contributed by atoms with Crippen LogP contribution in [0.5, 0.6) is 0 Å².